The van der Waals surface area contributed by atoms with E-state index in [0.29, 0.717) is 23.3 Å². The number of nitrogens with zero attached hydrogens (tertiary/aromatic N) is 6. The van der Waals surface area contributed by atoms with Crippen LogP contribution in [0.4, 0.5) is 17.3 Å². The van der Waals surface area contributed by atoms with Gasteiger partial charge in [-0.05, 0) is 93.9 Å². The number of anilines is 3. The number of aromatic nitrogens is 5. The fourth-order valence-electron chi connectivity index (χ4n) is 5.39. The average molecular weight is 576 g/mol. The molecule has 3 aromatic heterocycles. The van der Waals surface area contributed by atoms with Gasteiger partial charge in [0.15, 0.2) is 11.6 Å². The van der Waals surface area contributed by atoms with E-state index in [4.69, 9.17) is 9.72 Å². The largest absolute Gasteiger partial charge is 0.377 e. The molecular formula is C29H37N9O2S. The van der Waals surface area contributed by atoms with Crippen LogP contribution < -0.4 is 10.6 Å². The third-order valence-corrected chi connectivity index (χ3v) is 8.30. The highest BCUT2D eigenvalue weighted by Crippen LogP contribution is 2.29. The second-order valence-corrected chi connectivity index (χ2v) is 11.8. The van der Waals surface area contributed by atoms with Crippen LogP contribution in [-0.2, 0) is 9.53 Å². The van der Waals surface area contributed by atoms with Crippen LogP contribution in [0.5, 0.6) is 0 Å². The Kier molecular flexibility index (Phi) is 8.80. The number of aromatic amines is 1. The Balaban J connectivity index is 0.970. The van der Waals surface area contributed by atoms with E-state index in [2.05, 4.69) is 35.7 Å². The number of ether oxygens (including phenoxy) is 1. The molecule has 1 aromatic carbocycles. The monoisotopic (exact) mass is 575 g/mol. The first-order valence-corrected chi connectivity index (χ1v) is 15.2. The van der Waals surface area contributed by atoms with Crippen molar-refractivity contribution >= 4 is 40.5 Å². The molecule has 1 amide bonds. The number of benzene rings is 1. The van der Waals surface area contributed by atoms with Crippen LogP contribution in [0.2, 0.25) is 0 Å². The first-order chi connectivity index (χ1) is 20.1. The molecule has 2 aliphatic rings. The highest BCUT2D eigenvalue weighted by atomic mass is 32.2. The number of nitrogens with one attached hydrogen (secondary N) is 3. The molecule has 0 aliphatic carbocycles. The summed E-state index contributed by atoms with van der Waals surface area (Å²) in [4.78, 5) is 23.1. The van der Waals surface area contributed by atoms with Crippen LogP contribution in [0, 0.1) is 6.92 Å². The van der Waals surface area contributed by atoms with Crippen molar-refractivity contribution in [3.8, 4) is 0 Å². The van der Waals surface area contributed by atoms with Crippen LogP contribution in [0.3, 0.4) is 0 Å². The van der Waals surface area contributed by atoms with Crippen molar-refractivity contribution in [1.82, 2.24) is 34.6 Å². The van der Waals surface area contributed by atoms with Crippen molar-refractivity contribution in [2.45, 2.75) is 48.8 Å². The van der Waals surface area contributed by atoms with Crippen molar-refractivity contribution in [1.29, 1.82) is 0 Å². The Bertz CT molecular complexity index is 1450. The fourth-order valence-corrected chi connectivity index (χ4v) is 6.14. The topological polar surface area (TPSA) is 116 Å². The zero-order valence-electron chi connectivity index (χ0n) is 23.4. The van der Waals surface area contributed by atoms with Gasteiger partial charge in [-0.3, -0.25) is 14.8 Å². The zero-order valence-corrected chi connectivity index (χ0v) is 24.2. The molecule has 6 rings (SSSR count). The number of H-pyrrole nitrogens is 1. The number of hydrogen-bond acceptors (Lipinski definition) is 9. The third kappa shape index (κ3) is 7.45. The van der Waals surface area contributed by atoms with Crippen LogP contribution >= 0.6 is 11.8 Å². The quantitative estimate of drug-likeness (QED) is 0.214. The Labute approximate surface area is 244 Å². The summed E-state index contributed by atoms with van der Waals surface area (Å²) in [5.74, 6) is 1.37. The van der Waals surface area contributed by atoms with Gasteiger partial charge in [-0.2, -0.15) is 5.10 Å². The molecule has 2 fully saturated rings. The van der Waals surface area contributed by atoms with Crippen molar-refractivity contribution in [3.63, 3.8) is 0 Å². The SMILES string of the molecule is Cc1cc(Nc2nc(Sc3ccc(NC(=O)CN4CC[C@@H](OCCCN5CCCC5)C4)cc3)nn3cccc23)n[nH]1. The number of amides is 1. The maximum Gasteiger partial charge on any atom is 0.238 e. The number of carbonyl (C=O) groups excluding carboxylic acids is 1. The molecule has 1 atom stereocenters. The summed E-state index contributed by atoms with van der Waals surface area (Å²) < 4.78 is 7.89. The van der Waals surface area contributed by atoms with Crippen molar-refractivity contribution < 1.29 is 9.53 Å². The molecule has 0 spiro atoms. The maximum absolute atomic E-state index is 12.7. The lowest BCUT2D eigenvalue weighted by atomic mass is 10.3. The van der Waals surface area contributed by atoms with E-state index in [1.807, 2.05) is 55.6 Å². The van der Waals surface area contributed by atoms with E-state index in [1.54, 1.807) is 4.52 Å². The predicted molar refractivity (Wildman–Crippen MR) is 160 cm³/mol. The van der Waals surface area contributed by atoms with E-state index in [1.165, 1.54) is 37.7 Å². The number of rotatable bonds is 12. The van der Waals surface area contributed by atoms with Crippen molar-refractivity contribution in [3.05, 3.63) is 54.4 Å². The number of aryl methyl sites for hydroxylation is 1. The predicted octanol–water partition coefficient (Wildman–Crippen LogP) is 4.17. The van der Waals surface area contributed by atoms with Gasteiger partial charge in [0.2, 0.25) is 11.1 Å². The van der Waals surface area contributed by atoms with Crippen molar-refractivity contribution in [2.75, 3.05) is 56.5 Å². The first kappa shape index (κ1) is 27.7. The van der Waals surface area contributed by atoms with Crippen LogP contribution in [0.25, 0.3) is 5.52 Å². The first-order valence-electron chi connectivity index (χ1n) is 14.4. The minimum atomic E-state index is -0.00852. The van der Waals surface area contributed by atoms with Gasteiger partial charge in [-0.1, -0.05) is 0 Å². The molecule has 11 nitrogen and oxygen atoms in total. The van der Waals surface area contributed by atoms with Crippen LogP contribution in [-0.4, -0.2) is 92.5 Å². The molecule has 216 valence electrons. The van der Waals surface area contributed by atoms with Gasteiger partial charge in [-0.15, -0.1) is 5.10 Å². The minimum absolute atomic E-state index is 0.00852. The highest BCUT2D eigenvalue weighted by molar-refractivity contribution is 7.99. The number of likely N-dealkylation sites (tertiary alicyclic amines) is 2. The number of fused-ring (bicyclic) bond motifs is 1. The van der Waals surface area contributed by atoms with Crippen molar-refractivity contribution in [2.24, 2.45) is 0 Å². The molecule has 2 aliphatic heterocycles. The lowest BCUT2D eigenvalue weighted by Crippen LogP contribution is -2.32. The smallest absolute Gasteiger partial charge is 0.238 e. The van der Waals surface area contributed by atoms with Gasteiger partial charge in [0.1, 0.15) is 5.52 Å². The zero-order chi connectivity index (χ0) is 28.0. The fraction of sp³-hybridized carbons (Fsp3) is 0.448. The molecule has 5 heterocycles. The lowest BCUT2D eigenvalue weighted by molar-refractivity contribution is -0.117. The number of carbonyl (C=O) groups is 1. The summed E-state index contributed by atoms with van der Waals surface area (Å²) in [6.07, 6.45) is 6.85. The van der Waals surface area contributed by atoms with E-state index >= 15 is 0 Å². The summed E-state index contributed by atoms with van der Waals surface area (Å²) >= 11 is 1.46. The Morgan fingerprint density at radius 3 is 2.80 bits per heavy atom. The minimum Gasteiger partial charge on any atom is -0.377 e. The molecule has 2 saturated heterocycles. The van der Waals surface area contributed by atoms with Gasteiger partial charge in [0, 0.05) is 54.8 Å². The third-order valence-electron chi connectivity index (χ3n) is 7.44. The second kappa shape index (κ2) is 13.0. The Morgan fingerprint density at radius 1 is 1.15 bits per heavy atom. The molecule has 0 radical (unpaired) electrons. The molecule has 12 heteroatoms. The normalized spacial score (nSPS) is 17.9. The molecule has 41 heavy (non-hydrogen) atoms. The van der Waals surface area contributed by atoms with E-state index < -0.39 is 0 Å². The summed E-state index contributed by atoms with van der Waals surface area (Å²) in [5.41, 5.74) is 2.60. The molecule has 0 unspecified atom stereocenters. The number of hydrogen-bond donors (Lipinski definition) is 3. The van der Waals surface area contributed by atoms with E-state index in [9.17, 15) is 4.79 Å². The van der Waals surface area contributed by atoms with Gasteiger partial charge < -0.3 is 20.3 Å². The van der Waals surface area contributed by atoms with Gasteiger partial charge in [-0.25, -0.2) is 9.50 Å². The van der Waals surface area contributed by atoms with E-state index in [0.717, 1.165) is 60.9 Å². The van der Waals surface area contributed by atoms with Gasteiger partial charge in [0.05, 0.1) is 12.6 Å². The average Bonchev–Trinajstić information content (AvgIpc) is 3.77. The molecular weight excluding hydrogens is 538 g/mol. The van der Waals surface area contributed by atoms with Crippen LogP contribution in [0.15, 0.2) is 58.7 Å². The Morgan fingerprint density at radius 2 is 2.00 bits per heavy atom. The second-order valence-electron chi connectivity index (χ2n) is 10.7. The van der Waals surface area contributed by atoms with Crippen LogP contribution in [0.1, 0.15) is 31.4 Å². The molecule has 0 bridgehead atoms. The summed E-state index contributed by atoms with van der Waals surface area (Å²) in [6.45, 7) is 8.44. The summed E-state index contributed by atoms with van der Waals surface area (Å²) in [5, 5.41) is 18.7. The van der Waals surface area contributed by atoms with E-state index in [-0.39, 0.29) is 12.0 Å². The lowest BCUT2D eigenvalue weighted by Gasteiger charge is -2.17. The van der Waals surface area contributed by atoms with Gasteiger partial charge in [0.25, 0.3) is 0 Å². The molecule has 0 saturated carbocycles. The Hall–Kier alpha value is -3.45. The summed E-state index contributed by atoms with van der Waals surface area (Å²) in [7, 11) is 0. The molecule has 3 N–H and O–H groups in total. The maximum atomic E-state index is 12.7. The van der Waals surface area contributed by atoms with Gasteiger partial charge >= 0.3 is 0 Å². The standard InChI is InChI=1S/C29H37N9O2S/c1-21-18-26(34-33-21)31-28-25-6-4-15-38(25)35-29(32-28)41-24-9-7-22(8-10-24)30-27(39)20-37-16-11-23(19-37)40-17-5-14-36-12-2-3-13-36/h4,6-10,15,18,23H,2-3,5,11-14,16-17,19-20H2,1H3,(H,30,39)(H2,31,32,33,34,35)/t23-/m1/s1. The molecule has 4 aromatic rings. The summed E-state index contributed by atoms with van der Waals surface area (Å²) in [6, 6.07) is 13.6. The highest BCUT2D eigenvalue weighted by Gasteiger charge is 2.24.